The van der Waals surface area contributed by atoms with Gasteiger partial charge in [-0.2, -0.15) is 0 Å². The highest BCUT2D eigenvalue weighted by atomic mass is 16.5. The zero-order chi connectivity index (χ0) is 16.6. The Morgan fingerprint density at radius 2 is 1.92 bits per heavy atom. The number of carbonyl (C=O) groups is 1. The van der Waals surface area contributed by atoms with E-state index in [1.165, 1.54) is 0 Å². The Bertz CT molecular complexity index is 895. The van der Waals surface area contributed by atoms with Crippen LogP contribution in [0.4, 0.5) is 0 Å². The highest BCUT2D eigenvalue weighted by Gasteiger charge is 2.01. The van der Waals surface area contributed by atoms with Gasteiger partial charge in [0, 0.05) is 23.2 Å². The van der Waals surface area contributed by atoms with Gasteiger partial charge in [0.25, 0.3) is 5.91 Å². The molecule has 3 rings (SSSR count). The lowest BCUT2D eigenvalue weighted by Gasteiger charge is -2.03. The first-order chi connectivity index (χ1) is 11.8. The van der Waals surface area contributed by atoms with Crippen molar-refractivity contribution in [3.8, 4) is 17.6 Å². The normalized spacial score (nSPS) is 9.83. The van der Waals surface area contributed by atoms with Crippen LogP contribution in [0.25, 0.3) is 10.9 Å². The fraction of sp³-hybridized carbons (Fsp3) is 0.100. The van der Waals surface area contributed by atoms with E-state index in [4.69, 9.17) is 4.74 Å². The van der Waals surface area contributed by atoms with Gasteiger partial charge in [-0.15, -0.1) is 0 Å². The van der Waals surface area contributed by atoms with Gasteiger partial charge in [0.2, 0.25) is 0 Å². The van der Waals surface area contributed by atoms with Gasteiger partial charge >= 0.3 is 0 Å². The van der Waals surface area contributed by atoms with Crippen LogP contribution in [-0.4, -0.2) is 24.0 Å². The smallest absolute Gasteiger partial charge is 0.252 e. The molecular formula is C20H16N2O2. The molecule has 0 aliphatic carbocycles. The van der Waals surface area contributed by atoms with Crippen LogP contribution in [0.1, 0.15) is 10.4 Å². The first-order valence-electron chi connectivity index (χ1n) is 7.59. The molecule has 1 amide bonds. The molecule has 1 heterocycles. The lowest BCUT2D eigenvalue weighted by Crippen LogP contribution is -2.23. The fourth-order valence-electron chi connectivity index (χ4n) is 2.19. The van der Waals surface area contributed by atoms with Crippen LogP contribution in [0.15, 0.2) is 66.9 Å². The summed E-state index contributed by atoms with van der Waals surface area (Å²) in [5.74, 6) is 6.35. The highest BCUT2D eigenvalue weighted by molar-refractivity contribution is 5.94. The fourth-order valence-corrected chi connectivity index (χ4v) is 2.19. The van der Waals surface area contributed by atoms with Crippen molar-refractivity contribution in [2.24, 2.45) is 0 Å². The lowest BCUT2D eigenvalue weighted by atomic mass is 10.2. The van der Waals surface area contributed by atoms with Crippen LogP contribution in [0.3, 0.4) is 0 Å². The molecule has 0 aliphatic heterocycles. The Hall–Kier alpha value is -3.32. The average Bonchev–Trinajstić information content (AvgIpc) is 2.65. The Labute approximate surface area is 140 Å². The highest BCUT2D eigenvalue weighted by Crippen LogP contribution is 2.18. The number of nitrogens with zero attached hydrogens (tertiary/aromatic N) is 1. The number of nitrogens with one attached hydrogen (secondary N) is 1. The van der Waals surface area contributed by atoms with Crippen molar-refractivity contribution < 1.29 is 9.53 Å². The molecule has 0 unspecified atom stereocenters. The standard InChI is InChI=1S/C20H16N2O2/c23-20(17-7-2-1-3-8-17)22-12-4-5-14-24-18-11-10-16-9-6-13-21-19(16)15-18/h1-3,6-11,13,15H,12,14H2,(H,22,23). The summed E-state index contributed by atoms with van der Waals surface area (Å²) in [7, 11) is 0. The minimum Gasteiger partial charge on any atom is -0.481 e. The zero-order valence-corrected chi connectivity index (χ0v) is 13.0. The minimum absolute atomic E-state index is 0.133. The third-order valence-corrected chi connectivity index (χ3v) is 3.39. The van der Waals surface area contributed by atoms with E-state index in [0.717, 1.165) is 16.7 Å². The largest absolute Gasteiger partial charge is 0.481 e. The van der Waals surface area contributed by atoms with Gasteiger partial charge in [-0.1, -0.05) is 36.1 Å². The predicted octanol–water partition coefficient (Wildman–Crippen LogP) is 3.05. The zero-order valence-electron chi connectivity index (χ0n) is 13.0. The number of amides is 1. The van der Waals surface area contributed by atoms with E-state index in [1.807, 2.05) is 48.5 Å². The van der Waals surface area contributed by atoms with Crippen molar-refractivity contribution in [3.63, 3.8) is 0 Å². The Morgan fingerprint density at radius 3 is 2.79 bits per heavy atom. The van der Waals surface area contributed by atoms with E-state index in [2.05, 4.69) is 22.1 Å². The van der Waals surface area contributed by atoms with E-state index in [1.54, 1.807) is 18.3 Å². The molecule has 0 saturated heterocycles. The van der Waals surface area contributed by atoms with Crippen LogP contribution >= 0.6 is 0 Å². The topological polar surface area (TPSA) is 51.2 Å². The second kappa shape index (κ2) is 7.80. The van der Waals surface area contributed by atoms with Gasteiger partial charge in [0.15, 0.2) is 0 Å². The second-order valence-electron chi connectivity index (χ2n) is 5.05. The quantitative estimate of drug-likeness (QED) is 0.753. The monoisotopic (exact) mass is 316 g/mol. The van der Waals surface area contributed by atoms with E-state index in [9.17, 15) is 4.79 Å². The summed E-state index contributed by atoms with van der Waals surface area (Å²) in [6, 6.07) is 18.7. The molecule has 1 aromatic heterocycles. The molecular weight excluding hydrogens is 300 g/mol. The number of pyridine rings is 1. The Balaban J connectivity index is 1.46. The van der Waals surface area contributed by atoms with Crippen LogP contribution in [0.2, 0.25) is 0 Å². The maximum atomic E-state index is 11.8. The average molecular weight is 316 g/mol. The molecule has 24 heavy (non-hydrogen) atoms. The number of ether oxygens (including phenoxy) is 1. The molecule has 2 aromatic carbocycles. The molecule has 118 valence electrons. The van der Waals surface area contributed by atoms with Gasteiger partial charge in [0.1, 0.15) is 12.4 Å². The molecule has 1 N–H and O–H groups in total. The molecule has 0 fully saturated rings. The van der Waals surface area contributed by atoms with Crippen LogP contribution in [-0.2, 0) is 0 Å². The van der Waals surface area contributed by atoms with E-state index in [-0.39, 0.29) is 19.1 Å². The predicted molar refractivity (Wildman–Crippen MR) is 93.8 cm³/mol. The first kappa shape index (κ1) is 15.6. The SMILES string of the molecule is O=C(NCC#CCOc1ccc2cccnc2c1)c1ccccc1. The van der Waals surface area contributed by atoms with E-state index >= 15 is 0 Å². The number of fused-ring (bicyclic) bond motifs is 1. The number of hydrogen-bond donors (Lipinski definition) is 1. The minimum atomic E-state index is -0.133. The van der Waals surface area contributed by atoms with Crippen LogP contribution < -0.4 is 10.1 Å². The molecule has 0 saturated carbocycles. The molecule has 3 aromatic rings. The molecule has 0 aliphatic rings. The number of rotatable bonds is 4. The lowest BCUT2D eigenvalue weighted by molar-refractivity contribution is 0.0958. The van der Waals surface area contributed by atoms with Gasteiger partial charge in [-0.3, -0.25) is 9.78 Å². The van der Waals surface area contributed by atoms with E-state index in [0.29, 0.717) is 5.56 Å². The summed E-state index contributed by atoms with van der Waals surface area (Å²) in [4.78, 5) is 16.1. The summed E-state index contributed by atoms with van der Waals surface area (Å²) < 4.78 is 5.58. The molecule has 0 atom stereocenters. The molecule has 4 nitrogen and oxygen atoms in total. The van der Waals surface area contributed by atoms with Crippen LogP contribution in [0, 0.1) is 11.8 Å². The van der Waals surface area contributed by atoms with E-state index < -0.39 is 0 Å². The number of carbonyl (C=O) groups excluding carboxylic acids is 1. The van der Waals surface area contributed by atoms with Crippen LogP contribution in [0.5, 0.6) is 5.75 Å². The molecule has 4 heteroatoms. The van der Waals surface area contributed by atoms with Gasteiger partial charge in [-0.25, -0.2) is 0 Å². The summed E-state index contributed by atoms with van der Waals surface area (Å²) in [5, 5.41) is 3.81. The maximum absolute atomic E-state index is 11.8. The number of hydrogen-bond acceptors (Lipinski definition) is 3. The summed E-state index contributed by atoms with van der Waals surface area (Å²) >= 11 is 0. The van der Waals surface area contributed by atoms with Crippen molar-refractivity contribution >= 4 is 16.8 Å². The number of aromatic nitrogens is 1. The summed E-state index contributed by atoms with van der Waals surface area (Å²) in [6.45, 7) is 0.551. The summed E-state index contributed by atoms with van der Waals surface area (Å²) in [5.41, 5.74) is 1.51. The molecule has 0 radical (unpaired) electrons. The molecule has 0 spiro atoms. The van der Waals surface area contributed by atoms with Gasteiger partial charge < -0.3 is 10.1 Å². The second-order valence-corrected chi connectivity index (χ2v) is 5.05. The van der Waals surface area contributed by atoms with Gasteiger partial charge in [0.05, 0.1) is 12.1 Å². The van der Waals surface area contributed by atoms with Crippen molar-refractivity contribution in [3.05, 3.63) is 72.4 Å². The first-order valence-corrected chi connectivity index (χ1v) is 7.59. The summed E-state index contributed by atoms with van der Waals surface area (Å²) in [6.07, 6.45) is 1.75. The third-order valence-electron chi connectivity index (χ3n) is 3.39. The van der Waals surface area contributed by atoms with Crippen molar-refractivity contribution in [1.29, 1.82) is 0 Å². The van der Waals surface area contributed by atoms with Crippen molar-refractivity contribution in [1.82, 2.24) is 10.3 Å². The Kier molecular flexibility index (Phi) is 5.06. The maximum Gasteiger partial charge on any atom is 0.252 e. The van der Waals surface area contributed by atoms with Crippen molar-refractivity contribution in [2.75, 3.05) is 13.2 Å². The van der Waals surface area contributed by atoms with Crippen molar-refractivity contribution in [2.45, 2.75) is 0 Å². The Morgan fingerprint density at radius 1 is 1.04 bits per heavy atom. The van der Waals surface area contributed by atoms with Gasteiger partial charge in [-0.05, 0) is 30.3 Å². The molecule has 0 bridgehead atoms. The third kappa shape index (κ3) is 4.11. The number of benzene rings is 2.